The summed E-state index contributed by atoms with van der Waals surface area (Å²) in [5, 5.41) is 16.2. The minimum absolute atomic E-state index is 0.00614. The van der Waals surface area contributed by atoms with Crippen LogP contribution in [-0.2, 0) is 22.8 Å². The summed E-state index contributed by atoms with van der Waals surface area (Å²) >= 11 is 0. The Bertz CT molecular complexity index is 1320. The van der Waals surface area contributed by atoms with Gasteiger partial charge in [0.15, 0.2) is 5.69 Å². The topological polar surface area (TPSA) is 117 Å². The number of aryl methyl sites for hydroxylation is 1. The van der Waals surface area contributed by atoms with Crippen LogP contribution in [0.4, 0.5) is 14.5 Å². The smallest absolute Gasteiger partial charge is 0.271 e. The van der Waals surface area contributed by atoms with E-state index < -0.39 is 40.4 Å². The summed E-state index contributed by atoms with van der Waals surface area (Å²) < 4.78 is 57.6. The van der Waals surface area contributed by atoms with Gasteiger partial charge in [-0.05, 0) is 42.0 Å². The van der Waals surface area contributed by atoms with Gasteiger partial charge in [0, 0.05) is 25.9 Å². The fourth-order valence-electron chi connectivity index (χ4n) is 3.68. The van der Waals surface area contributed by atoms with E-state index >= 15 is 0 Å². The number of rotatable bonds is 7. The molecular formula is C25H31F2N5O3S. The van der Waals surface area contributed by atoms with Crippen molar-refractivity contribution in [2.75, 3.05) is 4.72 Å². The van der Waals surface area contributed by atoms with Crippen molar-refractivity contribution >= 4 is 27.2 Å². The minimum Gasteiger partial charge on any atom is -0.348 e. The van der Waals surface area contributed by atoms with Gasteiger partial charge in [-0.1, -0.05) is 39.0 Å². The first kappa shape index (κ1) is 27.3. The molecule has 1 aliphatic carbocycles. The Morgan fingerprint density at radius 2 is 1.92 bits per heavy atom. The van der Waals surface area contributed by atoms with Gasteiger partial charge in [0.2, 0.25) is 10.0 Å². The van der Waals surface area contributed by atoms with Crippen LogP contribution in [0.15, 0.2) is 30.3 Å². The Hall–Kier alpha value is -3.26. The standard InChI is InChI=1S/C25H31F2N5O3S/c1-16(24(2,3)4)29-23(33)22-21(20(30-32(22)5)19-10-12-25(26,27)13-11-19)31-36(34,35)15-18-8-6-17(14-28)7-9-18/h6-10,16,31H,11-13,15H2,1-5H3,(H,29,33)/t16-/m0/s1. The number of sulfonamides is 1. The van der Waals surface area contributed by atoms with Crippen molar-refractivity contribution in [2.24, 2.45) is 12.5 Å². The van der Waals surface area contributed by atoms with Crippen LogP contribution in [0.25, 0.3) is 5.57 Å². The van der Waals surface area contributed by atoms with E-state index in [0.29, 0.717) is 16.7 Å². The zero-order valence-electron chi connectivity index (χ0n) is 21.0. The number of carbonyl (C=O) groups is 1. The molecule has 1 aromatic carbocycles. The Kier molecular flexibility index (Phi) is 7.60. The molecular weight excluding hydrogens is 488 g/mol. The van der Waals surface area contributed by atoms with E-state index in [1.54, 1.807) is 0 Å². The average Bonchev–Trinajstić information content (AvgIpc) is 3.08. The molecule has 8 nitrogen and oxygen atoms in total. The maximum Gasteiger partial charge on any atom is 0.271 e. The van der Waals surface area contributed by atoms with E-state index in [0.717, 1.165) is 0 Å². The van der Waals surface area contributed by atoms with Gasteiger partial charge in [-0.15, -0.1) is 0 Å². The zero-order valence-corrected chi connectivity index (χ0v) is 21.8. The highest BCUT2D eigenvalue weighted by molar-refractivity contribution is 7.91. The molecule has 1 aliphatic rings. The molecule has 3 rings (SSSR count). The summed E-state index contributed by atoms with van der Waals surface area (Å²) in [7, 11) is -2.52. The molecule has 0 saturated carbocycles. The van der Waals surface area contributed by atoms with Crippen molar-refractivity contribution in [1.29, 1.82) is 5.26 Å². The van der Waals surface area contributed by atoms with Crippen LogP contribution in [0.5, 0.6) is 0 Å². The molecule has 1 heterocycles. The first-order chi connectivity index (χ1) is 16.6. The number of anilines is 1. The van der Waals surface area contributed by atoms with Crippen LogP contribution in [0.1, 0.15) is 74.3 Å². The van der Waals surface area contributed by atoms with Gasteiger partial charge in [-0.2, -0.15) is 10.4 Å². The number of alkyl halides is 2. The zero-order chi connectivity index (χ0) is 26.9. The fraction of sp³-hybridized carbons (Fsp3) is 0.480. The van der Waals surface area contributed by atoms with E-state index in [4.69, 9.17) is 5.26 Å². The summed E-state index contributed by atoms with van der Waals surface area (Å²) in [5.74, 6) is -3.78. The first-order valence-electron chi connectivity index (χ1n) is 11.6. The molecule has 0 radical (unpaired) electrons. The predicted molar refractivity (Wildman–Crippen MR) is 134 cm³/mol. The van der Waals surface area contributed by atoms with Crippen LogP contribution < -0.4 is 10.0 Å². The Morgan fingerprint density at radius 3 is 2.44 bits per heavy atom. The second kappa shape index (κ2) is 10.0. The lowest BCUT2D eigenvalue weighted by Crippen LogP contribution is -2.42. The number of aromatic nitrogens is 2. The molecule has 11 heteroatoms. The van der Waals surface area contributed by atoms with Crippen LogP contribution >= 0.6 is 0 Å². The fourth-order valence-corrected chi connectivity index (χ4v) is 4.89. The van der Waals surface area contributed by atoms with E-state index in [-0.39, 0.29) is 35.0 Å². The first-order valence-corrected chi connectivity index (χ1v) is 13.2. The van der Waals surface area contributed by atoms with Gasteiger partial charge < -0.3 is 5.32 Å². The molecule has 36 heavy (non-hydrogen) atoms. The molecule has 194 valence electrons. The molecule has 0 aliphatic heterocycles. The van der Waals surface area contributed by atoms with E-state index in [2.05, 4.69) is 15.1 Å². The van der Waals surface area contributed by atoms with Crippen molar-refractivity contribution < 1.29 is 22.0 Å². The molecule has 0 spiro atoms. The highest BCUT2D eigenvalue weighted by Crippen LogP contribution is 2.39. The highest BCUT2D eigenvalue weighted by atomic mass is 32.2. The number of nitrogens with one attached hydrogen (secondary N) is 2. The number of hydrogen-bond acceptors (Lipinski definition) is 5. The number of halogens is 2. The van der Waals surface area contributed by atoms with Crippen LogP contribution in [0, 0.1) is 16.7 Å². The molecule has 2 N–H and O–H groups in total. The number of carbonyl (C=O) groups excluding carboxylic acids is 1. The third-order valence-corrected chi connectivity index (χ3v) is 7.55. The molecule has 1 amide bonds. The molecule has 0 bridgehead atoms. The van der Waals surface area contributed by atoms with Gasteiger partial charge >= 0.3 is 0 Å². The lowest BCUT2D eigenvalue weighted by molar-refractivity contribution is -0.00606. The number of allylic oxidation sites excluding steroid dienone is 2. The second-order valence-electron chi connectivity index (χ2n) is 10.2. The van der Waals surface area contributed by atoms with Gasteiger partial charge in [-0.25, -0.2) is 17.2 Å². The van der Waals surface area contributed by atoms with E-state index in [9.17, 15) is 22.0 Å². The number of nitriles is 1. The number of amides is 1. The van der Waals surface area contributed by atoms with Crippen molar-refractivity contribution in [1.82, 2.24) is 15.1 Å². The number of hydrogen-bond donors (Lipinski definition) is 2. The maximum atomic E-state index is 13.8. The Labute approximate surface area is 210 Å². The number of benzene rings is 1. The molecule has 0 saturated heterocycles. The lowest BCUT2D eigenvalue weighted by Gasteiger charge is -2.28. The van der Waals surface area contributed by atoms with Crippen molar-refractivity contribution in [3.8, 4) is 6.07 Å². The summed E-state index contributed by atoms with van der Waals surface area (Å²) in [5.41, 5.74) is 1.14. The van der Waals surface area contributed by atoms with E-state index in [1.807, 2.05) is 33.8 Å². The Morgan fingerprint density at radius 1 is 1.28 bits per heavy atom. The van der Waals surface area contributed by atoms with Gasteiger partial charge in [0.25, 0.3) is 11.8 Å². The molecule has 1 atom stereocenters. The summed E-state index contributed by atoms with van der Waals surface area (Å²) in [4.78, 5) is 13.3. The third-order valence-electron chi connectivity index (χ3n) is 6.32. The Balaban J connectivity index is 2.02. The quantitative estimate of drug-likeness (QED) is 0.555. The van der Waals surface area contributed by atoms with Gasteiger partial charge in [0.1, 0.15) is 11.4 Å². The van der Waals surface area contributed by atoms with Crippen LogP contribution in [0.2, 0.25) is 0 Å². The summed E-state index contributed by atoms with van der Waals surface area (Å²) in [6.07, 6.45) is 0.464. The highest BCUT2D eigenvalue weighted by Gasteiger charge is 2.35. The summed E-state index contributed by atoms with van der Waals surface area (Å²) in [6.45, 7) is 7.72. The SMILES string of the molecule is C[C@H](NC(=O)c1c(NS(=O)(=O)Cc2ccc(C#N)cc2)c(C2=CCC(F)(F)CC2)nn1C)C(C)(C)C. The lowest BCUT2D eigenvalue weighted by atomic mass is 9.88. The minimum atomic E-state index is -4.03. The van der Waals surface area contributed by atoms with Gasteiger partial charge in [-0.3, -0.25) is 14.2 Å². The number of nitrogens with zero attached hydrogens (tertiary/aromatic N) is 3. The molecule has 0 unspecified atom stereocenters. The second-order valence-corrected chi connectivity index (χ2v) is 11.9. The van der Waals surface area contributed by atoms with Gasteiger partial charge in [0.05, 0.1) is 17.4 Å². The van der Waals surface area contributed by atoms with Crippen LogP contribution in [0.3, 0.4) is 0 Å². The summed E-state index contributed by atoms with van der Waals surface area (Å²) in [6, 6.07) is 7.82. The van der Waals surface area contributed by atoms with Crippen molar-refractivity contribution in [3.05, 3.63) is 52.9 Å². The third kappa shape index (κ3) is 6.49. The molecule has 1 aromatic heterocycles. The van der Waals surface area contributed by atoms with E-state index in [1.165, 1.54) is 42.1 Å². The average molecular weight is 520 g/mol. The predicted octanol–water partition coefficient (Wildman–Crippen LogP) is 4.60. The van der Waals surface area contributed by atoms with Crippen LogP contribution in [-0.4, -0.2) is 36.1 Å². The molecule has 2 aromatic rings. The monoisotopic (exact) mass is 519 g/mol. The maximum absolute atomic E-state index is 13.8. The van der Waals surface area contributed by atoms with Crippen molar-refractivity contribution in [2.45, 2.75) is 64.7 Å². The normalized spacial score (nSPS) is 16.6. The largest absolute Gasteiger partial charge is 0.348 e. The van der Waals surface area contributed by atoms with Crippen molar-refractivity contribution in [3.63, 3.8) is 0 Å². The molecule has 0 fully saturated rings.